The van der Waals surface area contributed by atoms with Crippen molar-refractivity contribution >= 4 is 46.3 Å². The van der Waals surface area contributed by atoms with Gasteiger partial charge < -0.3 is 10.0 Å². The molecule has 43 heavy (non-hydrogen) atoms. The number of hydrogen-bond donors (Lipinski definition) is 2. The molecule has 0 bridgehead atoms. The van der Waals surface area contributed by atoms with E-state index in [-0.39, 0.29) is 49.2 Å². The van der Waals surface area contributed by atoms with E-state index < -0.39 is 40.6 Å². The van der Waals surface area contributed by atoms with Crippen molar-refractivity contribution in [1.29, 1.82) is 0 Å². The van der Waals surface area contributed by atoms with Crippen molar-refractivity contribution in [2.24, 2.45) is 11.3 Å². The number of rotatable bonds is 11. The van der Waals surface area contributed by atoms with Gasteiger partial charge in [0.1, 0.15) is 5.82 Å². The fraction of sp³-hybridized carbons (Fsp3) is 0.375. The molecular formula is C32H33Cl2FN2O5S. The lowest BCUT2D eigenvalue weighted by Gasteiger charge is -2.52. The monoisotopic (exact) mass is 646 g/mol. The van der Waals surface area contributed by atoms with Crippen LogP contribution in [0.3, 0.4) is 0 Å². The fourth-order valence-electron chi connectivity index (χ4n) is 6.40. The van der Waals surface area contributed by atoms with Gasteiger partial charge in [0.2, 0.25) is 17.2 Å². The summed E-state index contributed by atoms with van der Waals surface area (Å²) < 4.78 is 38.8. The summed E-state index contributed by atoms with van der Waals surface area (Å²) in [5.74, 6) is -2.25. The lowest BCUT2D eigenvalue weighted by molar-refractivity contribution is -0.161. The molecule has 2 aliphatic rings. The van der Waals surface area contributed by atoms with Gasteiger partial charge in [-0.15, -0.1) is 0 Å². The van der Waals surface area contributed by atoms with Crippen LogP contribution in [0.1, 0.15) is 61.3 Å². The highest BCUT2D eigenvalue weighted by atomic mass is 35.5. The first-order valence-electron chi connectivity index (χ1n) is 14.1. The summed E-state index contributed by atoms with van der Waals surface area (Å²) in [5, 5.41) is 10.9. The van der Waals surface area contributed by atoms with Crippen LogP contribution in [-0.4, -0.2) is 47.5 Å². The van der Waals surface area contributed by atoms with E-state index in [0.29, 0.717) is 10.0 Å². The summed E-state index contributed by atoms with van der Waals surface area (Å²) >= 11 is 10.2. The Morgan fingerprint density at radius 3 is 2.37 bits per heavy atom. The first-order chi connectivity index (χ1) is 20.5. The molecule has 0 spiro atoms. The van der Waals surface area contributed by atoms with Gasteiger partial charge in [0.25, 0.3) is 0 Å². The number of piperidine rings is 1. The molecule has 3 aromatic carbocycles. The lowest BCUT2D eigenvalue weighted by Crippen LogP contribution is -2.59. The second kappa shape index (κ2) is 13.0. The van der Waals surface area contributed by atoms with Crippen LogP contribution in [0.2, 0.25) is 10.0 Å². The Balaban J connectivity index is 1.64. The summed E-state index contributed by atoms with van der Waals surface area (Å²) in [6.45, 7) is 1.53. The number of carboxylic acid groups (broad SMARTS) is 1. The van der Waals surface area contributed by atoms with E-state index in [2.05, 4.69) is 0 Å². The number of aliphatic carboxylic acids is 1. The van der Waals surface area contributed by atoms with Crippen molar-refractivity contribution in [2.45, 2.75) is 57.2 Å². The third-order valence-corrected chi connectivity index (χ3v) is 9.78. The number of carboxylic acids is 1. The van der Waals surface area contributed by atoms with Gasteiger partial charge in [0.05, 0.1) is 17.9 Å². The highest BCUT2D eigenvalue weighted by Gasteiger charge is 2.54. The molecule has 2 N–H and O–H groups in total. The lowest BCUT2D eigenvalue weighted by atomic mass is 9.67. The molecule has 1 heterocycles. The zero-order valence-electron chi connectivity index (χ0n) is 23.5. The van der Waals surface area contributed by atoms with Crippen LogP contribution in [0.15, 0.2) is 72.8 Å². The summed E-state index contributed by atoms with van der Waals surface area (Å²) in [6, 6.07) is 19.5. The van der Waals surface area contributed by atoms with Crippen molar-refractivity contribution < 1.29 is 27.8 Å². The van der Waals surface area contributed by atoms with Crippen LogP contribution in [0.25, 0.3) is 0 Å². The third kappa shape index (κ3) is 7.13. The molecule has 1 aliphatic heterocycles. The predicted molar refractivity (Wildman–Crippen MR) is 164 cm³/mol. The zero-order valence-corrected chi connectivity index (χ0v) is 25.9. The Bertz CT molecular complexity index is 1520. The van der Waals surface area contributed by atoms with Crippen LogP contribution in [0, 0.1) is 17.2 Å². The van der Waals surface area contributed by atoms with Crippen molar-refractivity contribution in [3.8, 4) is 0 Å². The normalized spacial score (nSPS) is 23.8. The number of halogens is 3. The second-order valence-corrected chi connectivity index (χ2v) is 13.6. The molecule has 5 rings (SSSR count). The van der Waals surface area contributed by atoms with E-state index >= 15 is 0 Å². The minimum atomic E-state index is -2.47. The van der Waals surface area contributed by atoms with E-state index in [4.69, 9.17) is 23.2 Å². The van der Waals surface area contributed by atoms with Gasteiger partial charge in [0.15, 0.2) is 0 Å². The standard InChI is InChI=1S/C32H33Cl2FN2O5S/c1-32(17-29(38)39)16-26(22-6-4-7-25(34)15-22)30(21-11-13-24(33)14-12-21)37(31(32)40)28(20-9-10-20)19-36(43(41)42)18-23-5-2-3-8-27(23)35/h2-8,11-15,20,26,28,30H,9-10,16-19H2,1H3,(H,38,39)(H,41,42)/t26?,28?,30-,32-/m1/s1. The van der Waals surface area contributed by atoms with Gasteiger partial charge in [-0.2, -0.15) is 4.31 Å². The number of hydrogen-bond acceptors (Lipinski definition) is 3. The number of likely N-dealkylation sites (tertiary alicyclic amines) is 1. The number of amides is 1. The van der Waals surface area contributed by atoms with E-state index in [1.165, 1.54) is 10.4 Å². The van der Waals surface area contributed by atoms with E-state index in [9.17, 15) is 27.8 Å². The smallest absolute Gasteiger partial charge is 0.304 e. The van der Waals surface area contributed by atoms with Crippen LogP contribution < -0.4 is 0 Å². The maximum Gasteiger partial charge on any atom is 0.304 e. The number of benzene rings is 3. The first-order valence-corrected chi connectivity index (χ1v) is 15.9. The minimum absolute atomic E-state index is 0.0106. The molecule has 0 aromatic heterocycles. The van der Waals surface area contributed by atoms with Crippen LogP contribution in [-0.2, 0) is 27.4 Å². The van der Waals surface area contributed by atoms with Gasteiger partial charge >= 0.3 is 5.97 Å². The van der Waals surface area contributed by atoms with Gasteiger partial charge in [-0.05, 0) is 66.6 Å². The number of nitrogens with zero attached hydrogens (tertiary/aromatic N) is 2. The molecule has 3 aromatic rings. The molecule has 1 saturated carbocycles. The van der Waals surface area contributed by atoms with E-state index in [0.717, 1.165) is 24.0 Å². The van der Waals surface area contributed by atoms with Crippen LogP contribution >= 0.6 is 23.2 Å². The molecule has 0 radical (unpaired) electrons. The van der Waals surface area contributed by atoms with Crippen molar-refractivity contribution in [1.82, 2.24) is 9.21 Å². The van der Waals surface area contributed by atoms with Crippen LogP contribution in [0.4, 0.5) is 4.39 Å². The van der Waals surface area contributed by atoms with Crippen LogP contribution in [0.5, 0.6) is 0 Å². The van der Waals surface area contributed by atoms with Gasteiger partial charge in [-0.3, -0.25) is 14.1 Å². The third-order valence-electron chi connectivity index (χ3n) is 8.57. The molecule has 3 unspecified atom stereocenters. The molecule has 1 amide bonds. The number of carbonyl (C=O) groups is 2. The fourth-order valence-corrected chi connectivity index (χ4v) is 7.25. The summed E-state index contributed by atoms with van der Waals surface area (Å²) in [7, 11) is 0. The Kier molecular flexibility index (Phi) is 9.58. The number of carbonyl (C=O) groups excluding carboxylic acids is 1. The van der Waals surface area contributed by atoms with E-state index in [1.54, 1.807) is 48.2 Å². The van der Waals surface area contributed by atoms with Crippen molar-refractivity contribution in [3.05, 3.63) is 105 Å². The molecular weight excluding hydrogens is 614 g/mol. The van der Waals surface area contributed by atoms with Gasteiger partial charge in [-0.25, -0.2) is 8.60 Å². The average molecular weight is 648 g/mol. The molecule has 228 valence electrons. The quantitative estimate of drug-likeness (QED) is 0.217. The Hall–Kier alpha value is -2.82. The maximum atomic E-state index is 14.6. The Morgan fingerprint density at radius 1 is 1.07 bits per heavy atom. The summed E-state index contributed by atoms with van der Waals surface area (Å²) in [6.07, 6.45) is 1.47. The second-order valence-electron chi connectivity index (χ2n) is 11.8. The topological polar surface area (TPSA) is 98.2 Å². The Morgan fingerprint density at radius 2 is 1.77 bits per heavy atom. The van der Waals surface area contributed by atoms with Gasteiger partial charge in [0, 0.05) is 40.7 Å². The summed E-state index contributed by atoms with van der Waals surface area (Å²) in [5.41, 5.74) is 0.650. The van der Waals surface area contributed by atoms with Crippen molar-refractivity contribution in [2.75, 3.05) is 6.54 Å². The molecule has 1 aliphatic carbocycles. The zero-order chi connectivity index (χ0) is 30.9. The molecule has 7 nitrogen and oxygen atoms in total. The van der Waals surface area contributed by atoms with E-state index in [1.807, 2.05) is 30.3 Å². The summed E-state index contributed by atoms with van der Waals surface area (Å²) in [4.78, 5) is 28.5. The molecule has 2 fully saturated rings. The molecule has 5 atom stereocenters. The Labute approximate surface area is 263 Å². The average Bonchev–Trinajstić information content (AvgIpc) is 3.79. The molecule has 1 saturated heterocycles. The van der Waals surface area contributed by atoms with Gasteiger partial charge in [-0.1, -0.05) is 72.6 Å². The predicted octanol–water partition coefficient (Wildman–Crippen LogP) is 7.09. The maximum absolute atomic E-state index is 14.6. The minimum Gasteiger partial charge on any atom is -0.481 e. The largest absolute Gasteiger partial charge is 0.481 e. The SMILES string of the molecule is C[C@]1(CC(=O)O)CC(c2cccc(Cl)c2)[C@@H](c2ccc(Cl)cc2)N(C(CN(Cc2ccccc2F)S(=O)O)C2CC2)C1=O. The van der Waals surface area contributed by atoms with Crippen molar-refractivity contribution in [3.63, 3.8) is 0 Å². The molecule has 11 heteroatoms. The highest BCUT2D eigenvalue weighted by molar-refractivity contribution is 7.76. The first kappa shape index (κ1) is 31.6. The highest BCUT2D eigenvalue weighted by Crippen LogP contribution is 2.54.